The number of carbonyl (C=O) groups is 1. The second-order valence-electron chi connectivity index (χ2n) is 3.91. The van der Waals surface area contributed by atoms with E-state index in [0.717, 1.165) is 12.1 Å². The largest absolute Gasteiger partial charge is 0.416 e. The molecule has 2 rings (SSSR count). The molecule has 1 aromatic heterocycles. The fourth-order valence-corrected chi connectivity index (χ4v) is 1.61. The fourth-order valence-electron chi connectivity index (χ4n) is 1.61. The summed E-state index contributed by atoms with van der Waals surface area (Å²) in [5, 5.41) is 0. The van der Waals surface area contributed by atoms with E-state index in [1.165, 1.54) is 30.6 Å². The van der Waals surface area contributed by atoms with Crippen molar-refractivity contribution in [1.82, 2.24) is 4.98 Å². The zero-order valence-corrected chi connectivity index (χ0v) is 9.61. The number of carbonyl (C=O) groups excluding carboxylic acids is 1. The molecular formula is C13H9F3N2O. The van der Waals surface area contributed by atoms with Crippen molar-refractivity contribution in [3.63, 3.8) is 0 Å². The summed E-state index contributed by atoms with van der Waals surface area (Å²) in [5.74, 6) is -0.679. The molecule has 0 unspecified atom stereocenters. The Morgan fingerprint density at radius 1 is 1.11 bits per heavy atom. The summed E-state index contributed by atoms with van der Waals surface area (Å²) in [6, 6.07) is 6.20. The molecule has 98 valence electrons. The predicted molar refractivity (Wildman–Crippen MR) is 63.2 cm³/mol. The van der Waals surface area contributed by atoms with Gasteiger partial charge in [-0.25, -0.2) is 0 Å². The van der Waals surface area contributed by atoms with Crippen LogP contribution < -0.4 is 5.73 Å². The first-order valence-corrected chi connectivity index (χ1v) is 5.30. The molecule has 0 atom stereocenters. The van der Waals surface area contributed by atoms with Gasteiger partial charge >= 0.3 is 6.18 Å². The van der Waals surface area contributed by atoms with Crippen molar-refractivity contribution in [2.24, 2.45) is 5.73 Å². The first kappa shape index (κ1) is 13.1. The molecule has 1 aromatic carbocycles. The van der Waals surface area contributed by atoms with E-state index < -0.39 is 17.6 Å². The number of hydrogen-bond acceptors (Lipinski definition) is 2. The van der Waals surface area contributed by atoms with Gasteiger partial charge in [0.15, 0.2) is 0 Å². The molecule has 2 aromatic rings. The monoisotopic (exact) mass is 266 g/mol. The lowest BCUT2D eigenvalue weighted by Gasteiger charge is -2.09. The third-order valence-electron chi connectivity index (χ3n) is 2.55. The van der Waals surface area contributed by atoms with E-state index in [1.807, 2.05) is 0 Å². The van der Waals surface area contributed by atoms with E-state index in [2.05, 4.69) is 4.98 Å². The Bertz CT molecular complexity index is 623. The first-order valence-electron chi connectivity index (χ1n) is 5.30. The van der Waals surface area contributed by atoms with Crippen molar-refractivity contribution in [3.8, 4) is 11.1 Å². The zero-order valence-electron chi connectivity index (χ0n) is 9.61. The summed E-state index contributed by atoms with van der Waals surface area (Å²) in [6.45, 7) is 0. The molecule has 1 amide bonds. The highest BCUT2D eigenvalue weighted by atomic mass is 19.4. The number of benzene rings is 1. The second kappa shape index (κ2) is 4.72. The van der Waals surface area contributed by atoms with Crippen LogP contribution in [0.5, 0.6) is 0 Å². The molecule has 0 aliphatic rings. The average Bonchev–Trinajstić information content (AvgIpc) is 2.38. The standard InChI is InChI=1S/C13H9F3N2O/c14-13(15,16)11-3-1-2-8(5-11)9-4-10(12(17)19)7-18-6-9/h1-7H,(H2,17,19). The maximum Gasteiger partial charge on any atom is 0.416 e. The molecule has 0 saturated carbocycles. The average molecular weight is 266 g/mol. The smallest absolute Gasteiger partial charge is 0.366 e. The van der Waals surface area contributed by atoms with E-state index in [1.54, 1.807) is 0 Å². The molecular weight excluding hydrogens is 257 g/mol. The summed E-state index contributed by atoms with van der Waals surface area (Å²) >= 11 is 0. The highest BCUT2D eigenvalue weighted by molar-refractivity contribution is 5.93. The lowest BCUT2D eigenvalue weighted by atomic mass is 10.0. The van der Waals surface area contributed by atoms with Gasteiger partial charge < -0.3 is 5.73 Å². The van der Waals surface area contributed by atoms with Gasteiger partial charge in [-0.3, -0.25) is 9.78 Å². The molecule has 6 heteroatoms. The normalized spacial score (nSPS) is 11.3. The summed E-state index contributed by atoms with van der Waals surface area (Å²) in [5.41, 5.74) is 5.22. The van der Waals surface area contributed by atoms with E-state index in [-0.39, 0.29) is 5.56 Å². The molecule has 0 aliphatic carbocycles. The van der Waals surface area contributed by atoms with Crippen LogP contribution in [0.15, 0.2) is 42.7 Å². The van der Waals surface area contributed by atoms with Crippen molar-refractivity contribution in [2.45, 2.75) is 6.18 Å². The molecule has 19 heavy (non-hydrogen) atoms. The molecule has 0 radical (unpaired) electrons. The van der Waals surface area contributed by atoms with Crippen LogP contribution in [0.1, 0.15) is 15.9 Å². The Morgan fingerprint density at radius 2 is 1.84 bits per heavy atom. The summed E-state index contributed by atoms with van der Waals surface area (Å²) < 4.78 is 37.8. The minimum atomic E-state index is -4.41. The van der Waals surface area contributed by atoms with Gasteiger partial charge in [-0.15, -0.1) is 0 Å². The van der Waals surface area contributed by atoms with Gasteiger partial charge in [-0.1, -0.05) is 12.1 Å². The van der Waals surface area contributed by atoms with Crippen molar-refractivity contribution < 1.29 is 18.0 Å². The van der Waals surface area contributed by atoms with Gasteiger partial charge in [0.05, 0.1) is 11.1 Å². The van der Waals surface area contributed by atoms with Crippen LogP contribution in [0.3, 0.4) is 0 Å². The van der Waals surface area contributed by atoms with Crippen LogP contribution in [-0.4, -0.2) is 10.9 Å². The van der Waals surface area contributed by atoms with Crippen LogP contribution in [0.4, 0.5) is 13.2 Å². The van der Waals surface area contributed by atoms with Gasteiger partial charge in [0.2, 0.25) is 5.91 Å². The number of amides is 1. The molecule has 0 saturated heterocycles. The third kappa shape index (κ3) is 2.90. The molecule has 0 fully saturated rings. The SMILES string of the molecule is NC(=O)c1cncc(-c2cccc(C(F)(F)F)c2)c1. The number of rotatable bonds is 2. The Kier molecular flexibility index (Phi) is 3.25. The topological polar surface area (TPSA) is 56.0 Å². The van der Waals surface area contributed by atoms with E-state index in [9.17, 15) is 18.0 Å². The molecule has 1 heterocycles. The number of primary amides is 1. The minimum Gasteiger partial charge on any atom is -0.366 e. The second-order valence-corrected chi connectivity index (χ2v) is 3.91. The van der Waals surface area contributed by atoms with Gasteiger partial charge in [-0.05, 0) is 23.8 Å². The highest BCUT2D eigenvalue weighted by Crippen LogP contribution is 2.32. The van der Waals surface area contributed by atoms with Crippen molar-refractivity contribution in [2.75, 3.05) is 0 Å². The Morgan fingerprint density at radius 3 is 2.47 bits per heavy atom. The molecule has 2 N–H and O–H groups in total. The molecule has 0 aliphatic heterocycles. The Balaban J connectivity index is 2.48. The van der Waals surface area contributed by atoms with E-state index in [4.69, 9.17) is 5.73 Å². The Labute approximate surface area is 106 Å². The van der Waals surface area contributed by atoms with Gasteiger partial charge in [0.25, 0.3) is 0 Å². The van der Waals surface area contributed by atoms with Crippen molar-refractivity contribution in [3.05, 3.63) is 53.9 Å². The van der Waals surface area contributed by atoms with E-state index >= 15 is 0 Å². The lowest BCUT2D eigenvalue weighted by Crippen LogP contribution is -2.11. The van der Waals surface area contributed by atoms with Crippen LogP contribution in [0.25, 0.3) is 11.1 Å². The molecule has 0 spiro atoms. The fraction of sp³-hybridized carbons (Fsp3) is 0.0769. The number of alkyl halides is 3. The summed E-state index contributed by atoms with van der Waals surface area (Å²) in [4.78, 5) is 14.8. The van der Waals surface area contributed by atoms with Crippen LogP contribution >= 0.6 is 0 Å². The number of aromatic nitrogens is 1. The number of halogens is 3. The van der Waals surface area contributed by atoms with Gasteiger partial charge in [0.1, 0.15) is 0 Å². The van der Waals surface area contributed by atoms with E-state index in [0.29, 0.717) is 11.1 Å². The molecule has 0 bridgehead atoms. The van der Waals surface area contributed by atoms with Crippen molar-refractivity contribution in [1.29, 1.82) is 0 Å². The maximum absolute atomic E-state index is 12.6. The zero-order chi connectivity index (χ0) is 14.0. The third-order valence-corrected chi connectivity index (χ3v) is 2.55. The maximum atomic E-state index is 12.6. The predicted octanol–water partition coefficient (Wildman–Crippen LogP) is 2.87. The number of hydrogen-bond donors (Lipinski definition) is 1. The number of nitrogens with zero attached hydrogens (tertiary/aromatic N) is 1. The summed E-state index contributed by atoms with van der Waals surface area (Å²) in [6.07, 6.45) is -1.77. The lowest BCUT2D eigenvalue weighted by molar-refractivity contribution is -0.137. The van der Waals surface area contributed by atoms with Gasteiger partial charge in [-0.2, -0.15) is 13.2 Å². The quantitative estimate of drug-likeness (QED) is 0.908. The number of nitrogens with two attached hydrogens (primary N) is 1. The van der Waals surface area contributed by atoms with Gasteiger partial charge in [0, 0.05) is 18.0 Å². The van der Waals surface area contributed by atoms with Crippen molar-refractivity contribution >= 4 is 5.91 Å². The Hall–Kier alpha value is -2.37. The summed E-state index contributed by atoms with van der Waals surface area (Å²) in [7, 11) is 0. The molecule has 3 nitrogen and oxygen atoms in total. The van der Waals surface area contributed by atoms with Crippen LogP contribution in [0.2, 0.25) is 0 Å². The first-order chi connectivity index (χ1) is 8.88. The van der Waals surface area contributed by atoms with Crippen LogP contribution in [-0.2, 0) is 6.18 Å². The number of pyridine rings is 1. The highest BCUT2D eigenvalue weighted by Gasteiger charge is 2.30. The minimum absolute atomic E-state index is 0.148. The van der Waals surface area contributed by atoms with Crippen LogP contribution in [0, 0.1) is 0 Å².